The number of rotatable bonds is 4. The van der Waals surface area contributed by atoms with Gasteiger partial charge in [0.05, 0.1) is 5.02 Å². The molecule has 0 saturated carbocycles. The molecular formula is C17H17ClFNO2. The van der Waals surface area contributed by atoms with Crippen LogP contribution < -0.4 is 10.1 Å². The topological polar surface area (TPSA) is 38.3 Å². The first kappa shape index (κ1) is 16.3. The standard InChI is InChI=1S/C17H17ClFNO2/c1-10-5-4-6-16(11(10)2)22-12(3)17(21)20-13-7-8-15(19)14(18)9-13/h4-9,12H,1-3H3,(H,20,21). The van der Waals surface area contributed by atoms with Crippen LogP contribution in [0.2, 0.25) is 5.02 Å². The second-order valence-corrected chi connectivity index (χ2v) is 5.48. The monoisotopic (exact) mass is 321 g/mol. The second-order valence-electron chi connectivity index (χ2n) is 5.08. The van der Waals surface area contributed by atoms with E-state index in [1.54, 1.807) is 6.92 Å². The lowest BCUT2D eigenvalue weighted by Gasteiger charge is -2.17. The molecule has 0 radical (unpaired) electrons. The predicted molar refractivity (Wildman–Crippen MR) is 86.0 cm³/mol. The molecule has 1 unspecified atom stereocenters. The summed E-state index contributed by atoms with van der Waals surface area (Å²) >= 11 is 5.69. The number of nitrogens with one attached hydrogen (secondary N) is 1. The Morgan fingerprint density at radius 2 is 2.00 bits per heavy atom. The van der Waals surface area contributed by atoms with Crippen molar-refractivity contribution in [1.29, 1.82) is 0 Å². The summed E-state index contributed by atoms with van der Waals surface area (Å²) in [5, 5.41) is 2.61. The number of carbonyl (C=O) groups is 1. The summed E-state index contributed by atoms with van der Waals surface area (Å²) in [6.07, 6.45) is -0.690. The van der Waals surface area contributed by atoms with Crippen LogP contribution in [-0.4, -0.2) is 12.0 Å². The maximum atomic E-state index is 13.1. The molecule has 0 aliphatic rings. The Balaban J connectivity index is 2.06. The third kappa shape index (κ3) is 3.77. The van der Waals surface area contributed by atoms with Gasteiger partial charge >= 0.3 is 0 Å². The van der Waals surface area contributed by atoms with Gasteiger partial charge in [-0.1, -0.05) is 23.7 Å². The average molecular weight is 322 g/mol. The third-order valence-corrected chi connectivity index (χ3v) is 3.70. The normalized spacial score (nSPS) is 11.9. The van der Waals surface area contributed by atoms with Gasteiger partial charge in [0, 0.05) is 5.69 Å². The molecule has 0 aliphatic carbocycles. The summed E-state index contributed by atoms with van der Waals surface area (Å²) in [4.78, 5) is 12.1. The van der Waals surface area contributed by atoms with Crippen molar-refractivity contribution in [2.45, 2.75) is 26.9 Å². The van der Waals surface area contributed by atoms with Gasteiger partial charge in [0.2, 0.25) is 0 Å². The molecule has 0 spiro atoms. The van der Waals surface area contributed by atoms with Gasteiger partial charge in [-0.25, -0.2) is 4.39 Å². The van der Waals surface area contributed by atoms with E-state index < -0.39 is 11.9 Å². The van der Waals surface area contributed by atoms with Gasteiger partial charge in [-0.15, -0.1) is 0 Å². The molecule has 1 amide bonds. The molecule has 2 rings (SSSR count). The van der Waals surface area contributed by atoms with Crippen LogP contribution in [0.4, 0.5) is 10.1 Å². The Hall–Kier alpha value is -2.07. The molecule has 1 N–H and O–H groups in total. The fourth-order valence-corrected chi connectivity index (χ4v) is 2.09. The molecule has 2 aromatic rings. The maximum Gasteiger partial charge on any atom is 0.265 e. The van der Waals surface area contributed by atoms with Crippen LogP contribution in [0.5, 0.6) is 5.75 Å². The summed E-state index contributed by atoms with van der Waals surface area (Å²) < 4.78 is 18.8. The summed E-state index contributed by atoms with van der Waals surface area (Å²) in [7, 11) is 0. The Kier molecular flexibility index (Phi) is 5.03. The van der Waals surface area contributed by atoms with E-state index >= 15 is 0 Å². The van der Waals surface area contributed by atoms with Crippen molar-refractivity contribution in [1.82, 2.24) is 0 Å². The summed E-state index contributed by atoms with van der Waals surface area (Å²) in [5.74, 6) is -0.192. The van der Waals surface area contributed by atoms with Crippen LogP contribution in [-0.2, 0) is 4.79 Å². The highest BCUT2D eigenvalue weighted by Gasteiger charge is 2.16. The van der Waals surface area contributed by atoms with E-state index in [1.807, 2.05) is 32.0 Å². The Morgan fingerprint density at radius 1 is 1.27 bits per heavy atom. The van der Waals surface area contributed by atoms with E-state index in [2.05, 4.69) is 5.32 Å². The first-order valence-electron chi connectivity index (χ1n) is 6.87. The van der Waals surface area contributed by atoms with Crippen LogP contribution in [0.1, 0.15) is 18.1 Å². The molecule has 116 valence electrons. The van der Waals surface area contributed by atoms with E-state index in [0.29, 0.717) is 11.4 Å². The number of halogens is 2. The molecule has 0 aliphatic heterocycles. The number of benzene rings is 2. The number of ether oxygens (including phenoxy) is 1. The number of amides is 1. The molecule has 0 aromatic heterocycles. The first-order valence-corrected chi connectivity index (χ1v) is 7.25. The zero-order valence-electron chi connectivity index (χ0n) is 12.6. The quantitative estimate of drug-likeness (QED) is 0.900. The highest BCUT2D eigenvalue weighted by atomic mass is 35.5. The highest BCUT2D eigenvalue weighted by Crippen LogP contribution is 2.23. The third-order valence-electron chi connectivity index (χ3n) is 3.42. The number of hydrogen-bond donors (Lipinski definition) is 1. The van der Waals surface area contributed by atoms with Gasteiger partial charge in [0.25, 0.3) is 5.91 Å². The Morgan fingerprint density at radius 3 is 2.68 bits per heavy atom. The number of anilines is 1. The summed E-state index contributed by atoms with van der Waals surface area (Å²) in [6, 6.07) is 9.69. The molecule has 1 atom stereocenters. The molecule has 0 bridgehead atoms. The minimum Gasteiger partial charge on any atom is -0.481 e. The minimum absolute atomic E-state index is 0.0408. The fourth-order valence-electron chi connectivity index (χ4n) is 1.91. The summed E-state index contributed by atoms with van der Waals surface area (Å²) in [6.45, 7) is 5.57. The van der Waals surface area contributed by atoms with E-state index in [1.165, 1.54) is 18.2 Å². The molecule has 2 aromatic carbocycles. The van der Waals surface area contributed by atoms with Crippen molar-refractivity contribution >= 4 is 23.2 Å². The van der Waals surface area contributed by atoms with E-state index in [9.17, 15) is 9.18 Å². The lowest BCUT2D eigenvalue weighted by molar-refractivity contribution is -0.122. The zero-order chi connectivity index (χ0) is 16.3. The van der Waals surface area contributed by atoms with Crippen molar-refractivity contribution in [3.05, 3.63) is 58.4 Å². The molecule has 3 nitrogen and oxygen atoms in total. The molecule has 0 saturated heterocycles. The van der Waals surface area contributed by atoms with Gasteiger partial charge in [-0.3, -0.25) is 4.79 Å². The molecule has 22 heavy (non-hydrogen) atoms. The van der Waals surface area contributed by atoms with E-state index in [4.69, 9.17) is 16.3 Å². The van der Waals surface area contributed by atoms with Crippen LogP contribution in [0.3, 0.4) is 0 Å². The lowest BCUT2D eigenvalue weighted by Crippen LogP contribution is -2.30. The molecule has 0 heterocycles. The Labute approximate surface area is 134 Å². The maximum absolute atomic E-state index is 13.1. The van der Waals surface area contributed by atoms with Gasteiger partial charge < -0.3 is 10.1 Å². The fraction of sp³-hybridized carbons (Fsp3) is 0.235. The highest BCUT2D eigenvalue weighted by molar-refractivity contribution is 6.31. The molecular weight excluding hydrogens is 305 g/mol. The van der Waals surface area contributed by atoms with Crippen LogP contribution in [0, 0.1) is 19.7 Å². The lowest BCUT2D eigenvalue weighted by atomic mass is 10.1. The number of aryl methyl sites for hydroxylation is 1. The van der Waals surface area contributed by atoms with Crippen LogP contribution >= 0.6 is 11.6 Å². The van der Waals surface area contributed by atoms with Crippen molar-refractivity contribution in [2.75, 3.05) is 5.32 Å². The molecule has 5 heteroatoms. The van der Waals surface area contributed by atoms with Gasteiger partial charge in [0.15, 0.2) is 6.10 Å². The van der Waals surface area contributed by atoms with Gasteiger partial charge in [-0.05, 0) is 56.2 Å². The number of hydrogen-bond acceptors (Lipinski definition) is 2. The average Bonchev–Trinajstić information content (AvgIpc) is 2.47. The van der Waals surface area contributed by atoms with Crippen LogP contribution in [0.25, 0.3) is 0 Å². The predicted octanol–water partition coefficient (Wildman–Crippen LogP) is 4.50. The van der Waals surface area contributed by atoms with Gasteiger partial charge in [-0.2, -0.15) is 0 Å². The van der Waals surface area contributed by atoms with Gasteiger partial charge in [0.1, 0.15) is 11.6 Å². The zero-order valence-corrected chi connectivity index (χ0v) is 13.4. The van der Waals surface area contributed by atoms with Crippen molar-refractivity contribution in [2.24, 2.45) is 0 Å². The van der Waals surface area contributed by atoms with Crippen molar-refractivity contribution in [3.8, 4) is 5.75 Å². The second kappa shape index (κ2) is 6.79. The van der Waals surface area contributed by atoms with E-state index in [-0.39, 0.29) is 10.9 Å². The molecule has 0 fully saturated rings. The largest absolute Gasteiger partial charge is 0.481 e. The van der Waals surface area contributed by atoms with Crippen LogP contribution in [0.15, 0.2) is 36.4 Å². The SMILES string of the molecule is Cc1cccc(OC(C)C(=O)Nc2ccc(F)c(Cl)c2)c1C. The van der Waals surface area contributed by atoms with E-state index in [0.717, 1.165) is 11.1 Å². The smallest absolute Gasteiger partial charge is 0.265 e. The first-order chi connectivity index (χ1) is 10.4. The summed E-state index contributed by atoms with van der Waals surface area (Å²) in [5.41, 5.74) is 2.51. The number of carbonyl (C=O) groups excluding carboxylic acids is 1. The van der Waals surface area contributed by atoms with Crippen molar-refractivity contribution in [3.63, 3.8) is 0 Å². The Bertz CT molecular complexity index is 703. The minimum atomic E-state index is -0.690. The van der Waals surface area contributed by atoms with Crippen molar-refractivity contribution < 1.29 is 13.9 Å².